The monoisotopic (exact) mass is 327 g/mol. The second-order valence-electron chi connectivity index (χ2n) is 4.71. The normalized spacial score (nSPS) is 11.4. The number of rotatable bonds is 4. The number of aryl methyl sites for hydroxylation is 1. The van der Waals surface area contributed by atoms with Crippen molar-refractivity contribution < 1.29 is 12.8 Å². The highest BCUT2D eigenvalue weighted by Gasteiger charge is 2.25. The van der Waals surface area contributed by atoms with Gasteiger partial charge in [-0.3, -0.25) is 4.31 Å². The van der Waals surface area contributed by atoms with Gasteiger partial charge in [-0.15, -0.1) is 11.6 Å². The molecule has 0 spiro atoms. The van der Waals surface area contributed by atoms with Crippen LogP contribution < -0.4 is 4.31 Å². The van der Waals surface area contributed by atoms with Crippen molar-refractivity contribution >= 4 is 27.3 Å². The minimum absolute atomic E-state index is 0.122. The molecule has 2 rings (SSSR count). The molecule has 0 unspecified atom stereocenters. The number of nitrogens with zero attached hydrogens (tertiary/aromatic N) is 1. The first kappa shape index (κ1) is 15.8. The zero-order valence-electron chi connectivity index (χ0n) is 11.7. The topological polar surface area (TPSA) is 37.4 Å². The fourth-order valence-electron chi connectivity index (χ4n) is 1.94. The van der Waals surface area contributed by atoms with E-state index in [0.717, 1.165) is 15.9 Å². The minimum atomic E-state index is -3.97. The molecule has 2 aromatic rings. The van der Waals surface area contributed by atoms with Gasteiger partial charge in [0.2, 0.25) is 0 Å². The maximum atomic E-state index is 13.9. The van der Waals surface area contributed by atoms with Crippen molar-refractivity contribution in [2.45, 2.75) is 17.7 Å². The lowest BCUT2D eigenvalue weighted by atomic mass is 10.2. The van der Waals surface area contributed by atoms with E-state index in [4.69, 9.17) is 11.6 Å². The second-order valence-corrected chi connectivity index (χ2v) is 6.91. The molecule has 0 saturated carbocycles. The summed E-state index contributed by atoms with van der Waals surface area (Å²) in [5, 5.41) is 0. The molecule has 112 valence electrons. The van der Waals surface area contributed by atoms with Crippen LogP contribution in [0.3, 0.4) is 0 Å². The Bertz CT molecular complexity index is 762. The van der Waals surface area contributed by atoms with Crippen molar-refractivity contribution in [3.63, 3.8) is 0 Å². The molecule has 0 heterocycles. The Morgan fingerprint density at radius 1 is 1.19 bits per heavy atom. The van der Waals surface area contributed by atoms with E-state index in [1.54, 1.807) is 18.2 Å². The summed E-state index contributed by atoms with van der Waals surface area (Å²) in [5.74, 6) is -0.667. The molecule has 2 aromatic carbocycles. The fraction of sp³-hybridized carbons (Fsp3) is 0.200. The standard InChI is InChI=1S/C15H15ClFNO2S/c1-11-4-3-5-13(8-11)18(2)21(19,20)15-9-12(10-16)6-7-14(15)17/h3-9H,10H2,1-2H3. The molecule has 0 N–H and O–H groups in total. The highest BCUT2D eigenvalue weighted by Crippen LogP contribution is 2.25. The lowest BCUT2D eigenvalue weighted by Crippen LogP contribution is -2.27. The van der Waals surface area contributed by atoms with Gasteiger partial charge in [-0.05, 0) is 42.3 Å². The lowest BCUT2D eigenvalue weighted by molar-refractivity contribution is 0.565. The molecule has 0 aliphatic rings. The van der Waals surface area contributed by atoms with Crippen molar-refractivity contribution in [3.05, 3.63) is 59.4 Å². The van der Waals surface area contributed by atoms with E-state index in [9.17, 15) is 12.8 Å². The highest BCUT2D eigenvalue weighted by atomic mass is 35.5. The van der Waals surface area contributed by atoms with Gasteiger partial charge in [-0.1, -0.05) is 18.2 Å². The van der Waals surface area contributed by atoms with Crippen molar-refractivity contribution in [3.8, 4) is 0 Å². The van der Waals surface area contributed by atoms with E-state index in [0.29, 0.717) is 11.3 Å². The highest BCUT2D eigenvalue weighted by molar-refractivity contribution is 7.92. The number of halogens is 2. The summed E-state index contributed by atoms with van der Waals surface area (Å²) < 4.78 is 40.1. The largest absolute Gasteiger partial charge is 0.269 e. The third-order valence-corrected chi connectivity index (χ3v) is 5.26. The quantitative estimate of drug-likeness (QED) is 0.803. The molecule has 0 fully saturated rings. The van der Waals surface area contributed by atoms with Gasteiger partial charge in [0, 0.05) is 12.9 Å². The van der Waals surface area contributed by atoms with Crippen LogP contribution in [0.4, 0.5) is 10.1 Å². The Kier molecular flexibility index (Phi) is 4.54. The summed E-state index contributed by atoms with van der Waals surface area (Å²) in [7, 11) is -2.57. The summed E-state index contributed by atoms with van der Waals surface area (Å²) in [5.41, 5.74) is 1.95. The number of anilines is 1. The van der Waals surface area contributed by atoms with E-state index in [-0.39, 0.29) is 10.8 Å². The summed E-state index contributed by atoms with van der Waals surface area (Å²) in [6.07, 6.45) is 0. The van der Waals surface area contributed by atoms with Crippen molar-refractivity contribution in [2.75, 3.05) is 11.4 Å². The predicted molar refractivity (Wildman–Crippen MR) is 82.7 cm³/mol. The van der Waals surface area contributed by atoms with Crippen LogP contribution in [0.5, 0.6) is 0 Å². The number of benzene rings is 2. The van der Waals surface area contributed by atoms with Gasteiger partial charge < -0.3 is 0 Å². The number of sulfonamides is 1. The molecule has 0 aliphatic carbocycles. The number of alkyl halides is 1. The van der Waals surface area contributed by atoms with Gasteiger partial charge in [0.15, 0.2) is 0 Å². The van der Waals surface area contributed by atoms with Crippen LogP contribution >= 0.6 is 11.6 Å². The first-order valence-electron chi connectivity index (χ1n) is 6.26. The fourth-order valence-corrected chi connectivity index (χ4v) is 3.41. The van der Waals surface area contributed by atoms with Gasteiger partial charge in [0.1, 0.15) is 10.7 Å². The molecular weight excluding hydrogens is 313 g/mol. The molecule has 0 aliphatic heterocycles. The number of hydrogen-bond donors (Lipinski definition) is 0. The van der Waals surface area contributed by atoms with E-state index >= 15 is 0 Å². The van der Waals surface area contributed by atoms with E-state index in [1.807, 2.05) is 13.0 Å². The summed E-state index contributed by atoms with van der Waals surface area (Å²) >= 11 is 5.69. The van der Waals surface area contributed by atoms with Crippen LogP contribution in [0.2, 0.25) is 0 Å². The van der Waals surface area contributed by atoms with E-state index in [1.165, 1.54) is 19.2 Å². The molecular formula is C15H15ClFNO2S. The van der Waals surface area contributed by atoms with Gasteiger partial charge in [0.05, 0.1) is 5.69 Å². The number of hydrogen-bond acceptors (Lipinski definition) is 2. The van der Waals surface area contributed by atoms with Crippen LogP contribution in [-0.4, -0.2) is 15.5 Å². The Morgan fingerprint density at radius 2 is 1.90 bits per heavy atom. The summed E-state index contributed by atoms with van der Waals surface area (Å²) in [6, 6.07) is 10.8. The molecule has 0 amide bonds. The third kappa shape index (κ3) is 3.19. The van der Waals surface area contributed by atoms with Crippen molar-refractivity contribution in [1.82, 2.24) is 0 Å². The first-order chi connectivity index (χ1) is 9.86. The van der Waals surface area contributed by atoms with Crippen LogP contribution in [0.25, 0.3) is 0 Å². The van der Waals surface area contributed by atoms with Gasteiger partial charge in [-0.25, -0.2) is 12.8 Å². The summed E-state index contributed by atoms with van der Waals surface area (Å²) in [4.78, 5) is -0.371. The van der Waals surface area contributed by atoms with Gasteiger partial charge >= 0.3 is 0 Å². The average molecular weight is 328 g/mol. The molecule has 0 bridgehead atoms. The molecule has 0 saturated heterocycles. The van der Waals surface area contributed by atoms with E-state index < -0.39 is 15.8 Å². The van der Waals surface area contributed by atoms with Gasteiger partial charge in [0.25, 0.3) is 10.0 Å². The van der Waals surface area contributed by atoms with Crippen molar-refractivity contribution in [1.29, 1.82) is 0 Å². The molecule has 0 radical (unpaired) electrons. The van der Waals surface area contributed by atoms with Crippen LogP contribution in [0.1, 0.15) is 11.1 Å². The Morgan fingerprint density at radius 3 is 2.52 bits per heavy atom. The molecule has 3 nitrogen and oxygen atoms in total. The third-order valence-electron chi connectivity index (χ3n) is 3.15. The van der Waals surface area contributed by atoms with Crippen molar-refractivity contribution in [2.24, 2.45) is 0 Å². The Balaban J connectivity index is 2.51. The first-order valence-corrected chi connectivity index (χ1v) is 8.23. The van der Waals surface area contributed by atoms with Crippen LogP contribution in [0.15, 0.2) is 47.4 Å². The van der Waals surface area contributed by atoms with E-state index in [2.05, 4.69) is 0 Å². The maximum absolute atomic E-state index is 13.9. The molecule has 21 heavy (non-hydrogen) atoms. The minimum Gasteiger partial charge on any atom is -0.269 e. The van der Waals surface area contributed by atoms with Crippen LogP contribution in [0, 0.1) is 12.7 Å². The molecule has 0 atom stereocenters. The maximum Gasteiger partial charge on any atom is 0.266 e. The predicted octanol–water partition coefficient (Wildman–Crippen LogP) is 3.70. The summed E-state index contributed by atoms with van der Waals surface area (Å²) in [6.45, 7) is 1.86. The lowest BCUT2D eigenvalue weighted by Gasteiger charge is -2.20. The Labute approximate surface area is 129 Å². The SMILES string of the molecule is Cc1cccc(N(C)S(=O)(=O)c2cc(CCl)ccc2F)c1. The zero-order chi connectivity index (χ0) is 15.6. The average Bonchev–Trinajstić information content (AvgIpc) is 2.46. The molecule has 0 aromatic heterocycles. The zero-order valence-corrected chi connectivity index (χ0v) is 13.2. The second kappa shape index (κ2) is 6.03. The van der Waals surface area contributed by atoms with Gasteiger partial charge in [-0.2, -0.15) is 0 Å². The Hall–Kier alpha value is -1.59. The molecule has 6 heteroatoms. The smallest absolute Gasteiger partial charge is 0.266 e. The van der Waals surface area contributed by atoms with Crippen LogP contribution in [-0.2, 0) is 15.9 Å².